The minimum absolute atomic E-state index is 0.0731. The summed E-state index contributed by atoms with van der Waals surface area (Å²) in [6, 6.07) is 3.12. The minimum Gasteiger partial charge on any atom is -0.380 e. The maximum Gasteiger partial charge on any atom is 0.225 e. The van der Waals surface area contributed by atoms with Gasteiger partial charge >= 0.3 is 0 Å². The lowest BCUT2D eigenvalue weighted by Gasteiger charge is -2.24. The Bertz CT molecular complexity index is 762. The van der Waals surface area contributed by atoms with E-state index >= 15 is 0 Å². The number of rotatable bonds is 0. The van der Waals surface area contributed by atoms with E-state index in [9.17, 15) is 18.0 Å². The van der Waals surface area contributed by atoms with Crippen LogP contribution in [0.4, 0.5) is 0 Å². The van der Waals surface area contributed by atoms with Crippen molar-refractivity contribution in [2.75, 3.05) is 12.3 Å². The Hall–Kier alpha value is -2.02. The molecule has 98 valence electrons. The van der Waals surface area contributed by atoms with Gasteiger partial charge in [-0.25, -0.2) is 13.4 Å². The molecule has 0 spiro atoms. The van der Waals surface area contributed by atoms with Crippen LogP contribution < -0.4 is 5.32 Å². The number of Topliss-reactive ketones (excluding diaryl/α,β-unsaturated/α-hetero) is 2. The Labute approximate surface area is 109 Å². The van der Waals surface area contributed by atoms with E-state index in [2.05, 4.69) is 10.3 Å². The number of hydrogen-bond donors (Lipinski definition) is 1. The summed E-state index contributed by atoms with van der Waals surface area (Å²) >= 11 is 0. The van der Waals surface area contributed by atoms with Crippen LogP contribution in [0.3, 0.4) is 0 Å². The molecule has 0 amide bonds. The summed E-state index contributed by atoms with van der Waals surface area (Å²) in [4.78, 5) is 28.1. The minimum atomic E-state index is -3.71. The van der Waals surface area contributed by atoms with Crippen molar-refractivity contribution in [3.63, 3.8) is 0 Å². The topological polar surface area (TPSA) is 93.2 Å². The number of carbonyl (C=O) groups excluding carboxylic acids is 2. The van der Waals surface area contributed by atoms with Crippen LogP contribution >= 0.6 is 0 Å². The zero-order chi connectivity index (χ0) is 13.8. The van der Waals surface area contributed by atoms with Crippen molar-refractivity contribution in [1.29, 1.82) is 0 Å². The van der Waals surface area contributed by atoms with E-state index in [4.69, 9.17) is 0 Å². The first-order valence-corrected chi connectivity index (χ1v) is 7.35. The van der Waals surface area contributed by atoms with Crippen LogP contribution in [-0.2, 0) is 9.84 Å². The molecule has 1 aliphatic carbocycles. The normalized spacial score (nSPS) is 20.7. The molecule has 0 radical (unpaired) electrons. The van der Waals surface area contributed by atoms with E-state index in [1.165, 1.54) is 6.07 Å². The number of nitrogens with one attached hydrogen (secondary N) is 1. The first-order chi connectivity index (χ1) is 8.92. The number of sulfone groups is 1. The van der Waals surface area contributed by atoms with Gasteiger partial charge in [0.25, 0.3) is 0 Å². The lowest BCUT2D eigenvalue weighted by Crippen LogP contribution is -2.41. The van der Waals surface area contributed by atoms with Crippen molar-refractivity contribution in [1.82, 2.24) is 10.3 Å². The fourth-order valence-corrected chi connectivity index (χ4v) is 3.67. The summed E-state index contributed by atoms with van der Waals surface area (Å²) in [5.41, 5.74) is 0.523. The molecule has 1 aliphatic heterocycles. The summed E-state index contributed by atoms with van der Waals surface area (Å²) in [5.74, 6) is -1.37. The number of pyridine rings is 1. The molecule has 0 fully saturated rings. The lowest BCUT2D eigenvalue weighted by atomic mass is 9.96. The number of hydrogen-bond acceptors (Lipinski definition) is 6. The Balaban J connectivity index is 2.33. The van der Waals surface area contributed by atoms with Crippen molar-refractivity contribution in [2.45, 2.75) is 6.92 Å². The summed E-state index contributed by atoms with van der Waals surface area (Å²) < 4.78 is 23.9. The molecule has 0 unspecified atom stereocenters. The molecule has 1 aromatic heterocycles. The molecule has 0 bridgehead atoms. The number of aryl methyl sites for hydroxylation is 1. The molecule has 19 heavy (non-hydrogen) atoms. The fraction of sp³-hybridized carbons (Fsp3) is 0.250. The molecule has 0 saturated carbocycles. The number of fused-ring (bicyclic) bond motifs is 1. The van der Waals surface area contributed by atoms with Gasteiger partial charge in [0.2, 0.25) is 11.6 Å². The van der Waals surface area contributed by atoms with E-state index in [0.29, 0.717) is 5.69 Å². The molecule has 0 aromatic carbocycles. The number of carbonyl (C=O) groups is 2. The van der Waals surface area contributed by atoms with Gasteiger partial charge in [0.05, 0.1) is 11.3 Å². The van der Waals surface area contributed by atoms with Gasteiger partial charge in [0.15, 0.2) is 9.84 Å². The largest absolute Gasteiger partial charge is 0.380 e. The van der Waals surface area contributed by atoms with Crippen LogP contribution in [0.2, 0.25) is 0 Å². The average molecular weight is 278 g/mol. The Morgan fingerprint density at radius 3 is 2.68 bits per heavy atom. The zero-order valence-electron chi connectivity index (χ0n) is 10.1. The van der Waals surface area contributed by atoms with E-state index in [1.807, 2.05) is 0 Å². The highest BCUT2D eigenvalue weighted by Crippen LogP contribution is 2.29. The molecule has 1 N–H and O–H groups in total. The van der Waals surface area contributed by atoms with Crippen molar-refractivity contribution < 1.29 is 18.0 Å². The standard InChI is InChI=1S/C12H10N2O4S/c1-6-2-3-7-8(14-6)11(16)12-9(10(7)15)13-4-5-19(12,17)18/h2-3,13H,4-5H2,1H3. The maximum absolute atomic E-state index is 12.3. The van der Waals surface area contributed by atoms with Crippen LogP contribution in [0.5, 0.6) is 0 Å². The molecule has 2 aliphatic rings. The van der Waals surface area contributed by atoms with Crippen LogP contribution in [0.1, 0.15) is 26.5 Å². The van der Waals surface area contributed by atoms with Crippen LogP contribution in [0, 0.1) is 6.92 Å². The molecule has 0 atom stereocenters. The van der Waals surface area contributed by atoms with E-state index < -0.39 is 26.3 Å². The molecule has 0 saturated heterocycles. The van der Waals surface area contributed by atoms with E-state index in [1.54, 1.807) is 13.0 Å². The van der Waals surface area contributed by atoms with Crippen LogP contribution in [0.25, 0.3) is 0 Å². The molecular weight excluding hydrogens is 268 g/mol. The maximum atomic E-state index is 12.3. The molecule has 6 nitrogen and oxygen atoms in total. The Kier molecular flexibility index (Phi) is 2.37. The third-order valence-electron chi connectivity index (χ3n) is 3.14. The number of ketones is 2. The number of nitrogens with zero attached hydrogens (tertiary/aromatic N) is 1. The third kappa shape index (κ3) is 1.61. The Morgan fingerprint density at radius 1 is 1.21 bits per heavy atom. The predicted molar refractivity (Wildman–Crippen MR) is 66.5 cm³/mol. The highest BCUT2D eigenvalue weighted by atomic mass is 32.2. The van der Waals surface area contributed by atoms with Crippen molar-refractivity contribution in [2.24, 2.45) is 0 Å². The van der Waals surface area contributed by atoms with E-state index in [-0.39, 0.29) is 29.3 Å². The summed E-state index contributed by atoms with van der Waals surface area (Å²) in [6.07, 6.45) is 0. The van der Waals surface area contributed by atoms with Gasteiger partial charge < -0.3 is 5.32 Å². The SMILES string of the molecule is Cc1ccc2c(n1)C(=O)C1=C(NCCS1(=O)=O)C2=O. The number of allylic oxidation sites excluding steroid dienone is 2. The molecule has 3 rings (SSSR count). The van der Waals surface area contributed by atoms with Gasteiger partial charge in [0, 0.05) is 12.2 Å². The highest BCUT2D eigenvalue weighted by Gasteiger charge is 2.42. The number of aromatic nitrogens is 1. The van der Waals surface area contributed by atoms with Gasteiger partial charge in [-0.05, 0) is 19.1 Å². The zero-order valence-corrected chi connectivity index (χ0v) is 10.9. The van der Waals surface area contributed by atoms with Gasteiger partial charge in [-0.3, -0.25) is 9.59 Å². The molecular formula is C12H10N2O4S. The van der Waals surface area contributed by atoms with Crippen LogP contribution in [-0.4, -0.2) is 37.3 Å². The van der Waals surface area contributed by atoms with Crippen molar-refractivity contribution in [3.05, 3.63) is 39.7 Å². The Morgan fingerprint density at radius 2 is 1.95 bits per heavy atom. The van der Waals surface area contributed by atoms with Crippen LogP contribution in [0.15, 0.2) is 22.7 Å². The monoisotopic (exact) mass is 278 g/mol. The van der Waals surface area contributed by atoms with Gasteiger partial charge in [-0.15, -0.1) is 0 Å². The smallest absolute Gasteiger partial charge is 0.225 e. The lowest BCUT2D eigenvalue weighted by molar-refractivity contribution is 0.0970. The van der Waals surface area contributed by atoms with Gasteiger partial charge in [-0.2, -0.15) is 0 Å². The highest BCUT2D eigenvalue weighted by molar-refractivity contribution is 7.96. The van der Waals surface area contributed by atoms with Crippen molar-refractivity contribution in [3.8, 4) is 0 Å². The predicted octanol–water partition coefficient (Wildman–Crippen LogP) is -0.00138. The summed E-state index contributed by atoms with van der Waals surface area (Å²) in [6.45, 7) is 1.81. The van der Waals surface area contributed by atoms with E-state index in [0.717, 1.165) is 0 Å². The average Bonchev–Trinajstić information content (AvgIpc) is 2.34. The first kappa shape index (κ1) is 12.0. The summed E-state index contributed by atoms with van der Waals surface area (Å²) in [7, 11) is -3.71. The van der Waals surface area contributed by atoms with Gasteiger partial charge in [0.1, 0.15) is 16.3 Å². The quantitative estimate of drug-likeness (QED) is 0.718. The van der Waals surface area contributed by atoms with Gasteiger partial charge in [-0.1, -0.05) is 0 Å². The first-order valence-electron chi connectivity index (χ1n) is 5.70. The molecule has 1 aromatic rings. The molecule has 7 heteroatoms. The third-order valence-corrected chi connectivity index (χ3v) is 4.89. The second-order valence-electron chi connectivity index (χ2n) is 4.46. The summed E-state index contributed by atoms with van der Waals surface area (Å²) in [5, 5.41) is 2.71. The van der Waals surface area contributed by atoms with Crippen molar-refractivity contribution >= 4 is 21.4 Å². The molecule has 2 heterocycles. The fourth-order valence-electron chi connectivity index (χ4n) is 2.24. The second kappa shape index (κ2) is 3.74. The second-order valence-corrected chi connectivity index (χ2v) is 6.50.